The van der Waals surface area contributed by atoms with Crippen LogP contribution in [0.25, 0.3) is 0 Å². The minimum Gasteiger partial charge on any atom is -0.295 e. The predicted octanol–water partition coefficient (Wildman–Crippen LogP) is 18.4. The SMILES string of the molecule is CC(=O)c1ccc(C(C)C)cc1.CC(=O)c1ccc(C(C)C)cc1.CC(=O)c1ccc(C(C)C)cc1.Cc1ccc(C(C)C)cc1.Cc1ccc(C(C)C)cc1.Cc1ccc(C(C)C)cc1. The Hall–Kier alpha value is -5.67. The van der Waals surface area contributed by atoms with Crippen molar-refractivity contribution in [1.29, 1.82) is 0 Å². The molecule has 3 heteroatoms. The van der Waals surface area contributed by atoms with Crippen LogP contribution in [-0.2, 0) is 0 Å². The summed E-state index contributed by atoms with van der Waals surface area (Å²) in [5, 5.41) is 0. The van der Waals surface area contributed by atoms with Crippen molar-refractivity contribution in [2.45, 2.75) is 160 Å². The Labute approximate surface area is 402 Å². The Morgan fingerprint density at radius 1 is 0.242 bits per heavy atom. The zero-order valence-corrected chi connectivity index (χ0v) is 44.0. The van der Waals surface area contributed by atoms with Crippen LogP contribution in [0.4, 0.5) is 0 Å². The number of rotatable bonds is 9. The minimum atomic E-state index is 0.130. The molecule has 0 aliphatic heterocycles. The number of Topliss-reactive ketones (excluding diaryl/α,β-unsaturated/α-hetero) is 3. The van der Waals surface area contributed by atoms with E-state index in [1.165, 1.54) is 50.1 Å². The smallest absolute Gasteiger partial charge is 0.159 e. The van der Waals surface area contributed by atoms with E-state index in [-0.39, 0.29) is 17.3 Å². The molecule has 0 N–H and O–H groups in total. The van der Waals surface area contributed by atoms with Crippen LogP contribution in [0.15, 0.2) is 146 Å². The maximum Gasteiger partial charge on any atom is 0.159 e. The zero-order chi connectivity index (χ0) is 50.1. The van der Waals surface area contributed by atoms with Gasteiger partial charge >= 0.3 is 0 Å². The lowest BCUT2D eigenvalue weighted by Crippen LogP contribution is -1.93. The molecular formula is C63H84O3. The van der Waals surface area contributed by atoms with Gasteiger partial charge in [0.15, 0.2) is 17.3 Å². The van der Waals surface area contributed by atoms with E-state index in [2.05, 4.69) is 177 Å². The average Bonchev–Trinajstić information content (AvgIpc) is 3.28. The Balaban J connectivity index is 0.000000397. The first-order valence-corrected chi connectivity index (χ1v) is 24.0. The Bertz CT molecular complexity index is 1990. The van der Waals surface area contributed by atoms with Gasteiger partial charge in [0.2, 0.25) is 0 Å². The third-order valence-corrected chi connectivity index (χ3v) is 11.2. The molecular weight excluding hydrogens is 805 g/mol. The van der Waals surface area contributed by atoms with Crippen molar-refractivity contribution >= 4 is 17.3 Å². The molecule has 6 aromatic carbocycles. The molecule has 3 nitrogen and oxygen atoms in total. The van der Waals surface area contributed by atoms with Gasteiger partial charge in [-0.1, -0.05) is 245 Å². The van der Waals surface area contributed by atoms with Crippen LogP contribution in [-0.4, -0.2) is 17.3 Å². The maximum absolute atomic E-state index is 10.9. The lowest BCUT2D eigenvalue weighted by Gasteiger charge is -2.04. The molecule has 66 heavy (non-hydrogen) atoms. The van der Waals surface area contributed by atoms with Crippen molar-refractivity contribution < 1.29 is 14.4 Å². The number of carbonyl (C=O) groups is 3. The van der Waals surface area contributed by atoms with Crippen molar-refractivity contribution in [3.63, 3.8) is 0 Å². The molecule has 0 bridgehead atoms. The van der Waals surface area contributed by atoms with Gasteiger partial charge in [0.05, 0.1) is 0 Å². The molecule has 0 spiro atoms. The molecule has 6 aromatic rings. The first-order valence-electron chi connectivity index (χ1n) is 24.0. The highest BCUT2D eigenvalue weighted by Crippen LogP contribution is 2.18. The molecule has 0 radical (unpaired) electrons. The van der Waals surface area contributed by atoms with Gasteiger partial charge in [-0.2, -0.15) is 0 Å². The molecule has 6 rings (SSSR count). The Morgan fingerprint density at radius 2 is 0.364 bits per heavy atom. The van der Waals surface area contributed by atoms with Crippen molar-refractivity contribution in [3.05, 3.63) is 212 Å². The Kier molecular flexibility index (Phi) is 27.0. The second-order valence-electron chi connectivity index (χ2n) is 19.2. The summed E-state index contributed by atoms with van der Waals surface area (Å²) in [6.45, 7) is 37.2. The van der Waals surface area contributed by atoms with Crippen molar-refractivity contribution in [1.82, 2.24) is 0 Å². The van der Waals surface area contributed by atoms with Crippen LogP contribution in [0.3, 0.4) is 0 Å². The zero-order valence-electron chi connectivity index (χ0n) is 44.0. The van der Waals surface area contributed by atoms with E-state index in [0.29, 0.717) is 35.5 Å². The van der Waals surface area contributed by atoms with Crippen LogP contribution in [0.5, 0.6) is 0 Å². The lowest BCUT2D eigenvalue weighted by atomic mass is 10.0. The first kappa shape index (κ1) is 58.3. The fourth-order valence-electron chi connectivity index (χ4n) is 6.16. The molecule has 0 fully saturated rings. The van der Waals surface area contributed by atoms with E-state index in [4.69, 9.17) is 0 Å². The molecule has 354 valence electrons. The summed E-state index contributed by atoms with van der Waals surface area (Å²) >= 11 is 0. The van der Waals surface area contributed by atoms with Gasteiger partial charge in [-0.05, 0) is 110 Å². The summed E-state index contributed by atoms with van der Waals surface area (Å²) in [6, 6.07) is 49.6. The predicted molar refractivity (Wildman–Crippen MR) is 287 cm³/mol. The van der Waals surface area contributed by atoms with Crippen molar-refractivity contribution in [2.75, 3.05) is 0 Å². The van der Waals surface area contributed by atoms with Crippen LogP contribution in [0.1, 0.15) is 221 Å². The van der Waals surface area contributed by atoms with Crippen LogP contribution in [0, 0.1) is 20.8 Å². The molecule has 0 aromatic heterocycles. The van der Waals surface area contributed by atoms with Gasteiger partial charge in [-0.3, -0.25) is 14.4 Å². The third-order valence-electron chi connectivity index (χ3n) is 11.2. The average molecular weight is 889 g/mol. The van der Waals surface area contributed by atoms with E-state index >= 15 is 0 Å². The Morgan fingerprint density at radius 3 is 0.470 bits per heavy atom. The van der Waals surface area contributed by atoms with E-state index in [1.807, 2.05) is 72.8 Å². The number of hydrogen-bond donors (Lipinski definition) is 0. The van der Waals surface area contributed by atoms with Gasteiger partial charge in [-0.25, -0.2) is 0 Å². The standard InChI is InChI=1S/3C11H14O.3C10H14/c3*1-8(2)10-4-6-11(7-5-10)9(3)12;3*1-8(2)10-6-4-9(3)5-7-10/h3*4-8H,1-3H3;3*4-8H,1-3H3. The largest absolute Gasteiger partial charge is 0.295 e. The lowest BCUT2D eigenvalue weighted by molar-refractivity contribution is 0.100. The molecule has 0 saturated heterocycles. The first-order chi connectivity index (χ1) is 30.9. The van der Waals surface area contributed by atoms with E-state index in [1.54, 1.807) is 20.8 Å². The fourth-order valence-corrected chi connectivity index (χ4v) is 6.16. The third kappa shape index (κ3) is 23.5. The highest BCUT2D eigenvalue weighted by molar-refractivity contribution is 5.95. The molecule has 0 saturated carbocycles. The van der Waals surface area contributed by atoms with E-state index in [0.717, 1.165) is 16.7 Å². The number of carbonyl (C=O) groups excluding carboxylic acids is 3. The molecule has 0 aliphatic carbocycles. The molecule has 0 heterocycles. The summed E-state index contributed by atoms with van der Waals surface area (Å²) in [5.74, 6) is 3.95. The van der Waals surface area contributed by atoms with Gasteiger partial charge in [0.25, 0.3) is 0 Å². The summed E-state index contributed by atoms with van der Waals surface area (Å²) in [4.78, 5) is 32.8. The number of ketones is 3. The van der Waals surface area contributed by atoms with E-state index in [9.17, 15) is 14.4 Å². The second-order valence-corrected chi connectivity index (χ2v) is 19.2. The van der Waals surface area contributed by atoms with Crippen molar-refractivity contribution in [3.8, 4) is 0 Å². The highest BCUT2D eigenvalue weighted by atomic mass is 16.1. The number of aryl methyl sites for hydroxylation is 3. The second kappa shape index (κ2) is 30.5. The summed E-state index contributed by atoms with van der Waals surface area (Å²) in [7, 11) is 0. The number of benzene rings is 6. The van der Waals surface area contributed by atoms with Gasteiger partial charge in [0, 0.05) is 16.7 Å². The van der Waals surface area contributed by atoms with E-state index < -0.39 is 0 Å². The van der Waals surface area contributed by atoms with Crippen LogP contribution >= 0.6 is 0 Å². The summed E-state index contributed by atoms with van der Waals surface area (Å²) in [5.41, 5.74) is 14.5. The molecule has 0 atom stereocenters. The number of hydrogen-bond acceptors (Lipinski definition) is 3. The molecule has 0 unspecified atom stereocenters. The van der Waals surface area contributed by atoms with Gasteiger partial charge in [-0.15, -0.1) is 0 Å². The topological polar surface area (TPSA) is 51.2 Å². The van der Waals surface area contributed by atoms with Gasteiger partial charge < -0.3 is 0 Å². The normalized spacial score (nSPS) is 10.4. The van der Waals surface area contributed by atoms with Gasteiger partial charge in [0.1, 0.15) is 0 Å². The van der Waals surface area contributed by atoms with Crippen molar-refractivity contribution in [2.24, 2.45) is 0 Å². The summed E-state index contributed by atoms with van der Waals surface area (Å²) < 4.78 is 0. The minimum absolute atomic E-state index is 0.130. The maximum atomic E-state index is 10.9. The summed E-state index contributed by atoms with van der Waals surface area (Å²) in [6.07, 6.45) is 0. The van der Waals surface area contributed by atoms with Crippen LogP contribution < -0.4 is 0 Å². The molecule has 0 aliphatic rings. The fraction of sp³-hybridized carbons (Fsp3) is 0.381. The van der Waals surface area contributed by atoms with Crippen LogP contribution in [0.2, 0.25) is 0 Å². The molecule has 0 amide bonds. The monoisotopic (exact) mass is 889 g/mol. The highest BCUT2D eigenvalue weighted by Gasteiger charge is 2.04. The quantitative estimate of drug-likeness (QED) is 0.136.